The molecule has 4 nitrogen and oxygen atoms in total. The second kappa shape index (κ2) is 5.67. The van der Waals surface area contributed by atoms with Crippen LogP contribution in [0.4, 0.5) is 18.0 Å². The summed E-state index contributed by atoms with van der Waals surface area (Å²) in [6.07, 6.45) is -4.43. The molecule has 0 fully saturated rings. The molecule has 1 heterocycles. The molecule has 0 saturated carbocycles. The topological polar surface area (TPSA) is 45.5 Å². The quantitative estimate of drug-likeness (QED) is 0.939. The maximum atomic E-state index is 12.1. The highest BCUT2D eigenvalue weighted by Crippen LogP contribution is 2.26. The van der Waals surface area contributed by atoms with Gasteiger partial charge >= 0.3 is 12.2 Å². The third-order valence-corrected chi connectivity index (χ3v) is 3.20. The standard InChI is InChI=1S/C14H15F3N2O2/c1-9(19(2)13(20)18-8-14(15,16)17)12-7-10-5-3-4-6-11(10)21-12/h3-7,9H,8H2,1-2H3,(H,18,20). The van der Waals surface area contributed by atoms with Crippen molar-refractivity contribution in [2.24, 2.45) is 0 Å². The van der Waals surface area contributed by atoms with Crippen LogP contribution >= 0.6 is 0 Å². The molecule has 0 aliphatic rings. The molecule has 1 aromatic carbocycles. The highest BCUT2D eigenvalue weighted by molar-refractivity contribution is 5.78. The maximum absolute atomic E-state index is 12.1. The van der Waals surface area contributed by atoms with Gasteiger partial charge < -0.3 is 14.6 Å². The van der Waals surface area contributed by atoms with Gasteiger partial charge in [-0.1, -0.05) is 18.2 Å². The SMILES string of the molecule is CC(c1cc2ccccc2o1)N(C)C(=O)NCC(F)(F)F. The van der Waals surface area contributed by atoms with E-state index in [1.807, 2.05) is 23.5 Å². The number of rotatable bonds is 3. The molecule has 2 amide bonds. The Morgan fingerprint density at radius 2 is 2.05 bits per heavy atom. The highest BCUT2D eigenvalue weighted by atomic mass is 19.4. The Bertz CT molecular complexity index is 603. The monoisotopic (exact) mass is 300 g/mol. The van der Waals surface area contributed by atoms with E-state index < -0.39 is 24.8 Å². The fourth-order valence-electron chi connectivity index (χ4n) is 1.88. The number of carbonyl (C=O) groups excluding carboxylic acids is 1. The summed E-state index contributed by atoms with van der Waals surface area (Å²) in [5.41, 5.74) is 0.670. The number of nitrogens with one attached hydrogen (secondary N) is 1. The number of amides is 2. The van der Waals surface area contributed by atoms with Crippen molar-refractivity contribution in [1.29, 1.82) is 0 Å². The average Bonchev–Trinajstić information content (AvgIpc) is 2.86. The summed E-state index contributed by atoms with van der Waals surface area (Å²) in [6.45, 7) is 0.327. The predicted molar refractivity (Wildman–Crippen MR) is 71.8 cm³/mol. The fourth-order valence-corrected chi connectivity index (χ4v) is 1.88. The normalized spacial score (nSPS) is 13.2. The Morgan fingerprint density at radius 3 is 2.67 bits per heavy atom. The fraction of sp³-hybridized carbons (Fsp3) is 0.357. The van der Waals surface area contributed by atoms with Crippen LogP contribution in [0.15, 0.2) is 34.7 Å². The van der Waals surface area contributed by atoms with Gasteiger partial charge in [-0.25, -0.2) is 4.79 Å². The first-order valence-electron chi connectivity index (χ1n) is 6.34. The van der Waals surface area contributed by atoms with Gasteiger partial charge in [0.25, 0.3) is 0 Å². The van der Waals surface area contributed by atoms with Crippen LogP contribution in [0.3, 0.4) is 0 Å². The third kappa shape index (κ3) is 3.68. The largest absolute Gasteiger partial charge is 0.459 e. The zero-order chi connectivity index (χ0) is 15.6. The van der Waals surface area contributed by atoms with Crippen LogP contribution in [0.2, 0.25) is 0 Å². The number of benzene rings is 1. The molecule has 0 radical (unpaired) electrons. The van der Waals surface area contributed by atoms with Gasteiger partial charge in [0.2, 0.25) is 0 Å². The van der Waals surface area contributed by atoms with E-state index in [0.717, 1.165) is 5.39 Å². The van der Waals surface area contributed by atoms with E-state index in [2.05, 4.69) is 0 Å². The van der Waals surface area contributed by atoms with E-state index in [1.165, 1.54) is 11.9 Å². The summed E-state index contributed by atoms with van der Waals surface area (Å²) in [6, 6.07) is 7.80. The van der Waals surface area contributed by atoms with Crippen LogP contribution in [0.1, 0.15) is 18.7 Å². The zero-order valence-corrected chi connectivity index (χ0v) is 11.6. The summed E-state index contributed by atoms with van der Waals surface area (Å²) in [5, 5.41) is 2.71. The molecule has 114 valence electrons. The molecule has 2 rings (SSSR count). The van der Waals surface area contributed by atoms with Crippen molar-refractivity contribution in [3.63, 3.8) is 0 Å². The molecular formula is C14H15F3N2O2. The molecule has 1 unspecified atom stereocenters. The van der Waals surface area contributed by atoms with Crippen LogP contribution in [0, 0.1) is 0 Å². The first kappa shape index (κ1) is 15.2. The minimum Gasteiger partial charge on any atom is -0.459 e. The summed E-state index contributed by atoms with van der Waals surface area (Å²) >= 11 is 0. The molecule has 0 aliphatic carbocycles. The van der Waals surface area contributed by atoms with E-state index in [9.17, 15) is 18.0 Å². The van der Waals surface area contributed by atoms with Crippen LogP contribution in [-0.4, -0.2) is 30.7 Å². The molecule has 21 heavy (non-hydrogen) atoms. The number of para-hydroxylation sites is 1. The molecule has 0 bridgehead atoms. The Kier molecular flexibility index (Phi) is 4.11. The first-order valence-corrected chi connectivity index (χ1v) is 6.34. The van der Waals surface area contributed by atoms with Gasteiger partial charge in [-0.3, -0.25) is 0 Å². The molecule has 1 N–H and O–H groups in total. The number of hydrogen-bond donors (Lipinski definition) is 1. The van der Waals surface area contributed by atoms with Gasteiger partial charge in [0.15, 0.2) is 0 Å². The summed E-state index contributed by atoms with van der Waals surface area (Å²) < 4.78 is 41.9. The molecule has 1 atom stereocenters. The van der Waals surface area contributed by atoms with Crippen molar-refractivity contribution < 1.29 is 22.4 Å². The number of urea groups is 1. The third-order valence-electron chi connectivity index (χ3n) is 3.20. The number of halogens is 3. The van der Waals surface area contributed by atoms with Gasteiger partial charge in [0, 0.05) is 12.4 Å². The summed E-state index contributed by atoms with van der Waals surface area (Å²) in [5.74, 6) is 0.515. The minimum absolute atomic E-state index is 0.481. The van der Waals surface area contributed by atoms with Crippen molar-refractivity contribution in [3.05, 3.63) is 36.1 Å². The van der Waals surface area contributed by atoms with Gasteiger partial charge in [-0.15, -0.1) is 0 Å². The van der Waals surface area contributed by atoms with E-state index in [4.69, 9.17) is 4.42 Å². The molecular weight excluding hydrogens is 285 g/mol. The van der Waals surface area contributed by atoms with E-state index in [-0.39, 0.29) is 0 Å². The Balaban J connectivity index is 2.07. The molecule has 0 saturated heterocycles. The number of carbonyl (C=O) groups is 1. The number of nitrogens with zero attached hydrogens (tertiary/aromatic N) is 1. The second-order valence-corrected chi connectivity index (χ2v) is 4.75. The molecule has 7 heteroatoms. The van der Waals surface area contributed by atoms with Crippen molar-refractivity contribution in [3.8, 4) is 0 Å². The van der Waals surface area contributed by atoms with Crippen LogP contribution in [0.25, 0.3) is 11.0 Å². The van der Waals surface area contributed by atoms with Crippen molar-refractivity contribution in [1.82, 2.24) is 10.2 Å². The van der Waals surface area contributed by atoms with Crippen LogP contribution in [-0.2, 0) is 0 Å². The molecule has 1 aromatic heterocycles. The number of furan rings is 1. The van der Waals surface area contributed by atoms with Gasteiger partial charge in [0.05, 0.1) is 6.04 Å². The van der Waals surface area contributed by atoms with E-state index >= 15 is 0 Å². The smallest absolute Gasteiger partial charge is 0.405 e. The van der Waals surface area contributed by atoms with E-state index in [0.29, 0.717) is 11.3 Å². The van der Waals surface area contributed by atoms with Crippen LogP contribution in [0.5, 0.6) is 0 Å². The lowest BCUT2D eigenvalue weighted by Gasteiger charge is -2.23. The summed E-state index contributed by atoms with van der Waals surface area (Å²) in [4.78, 5) is 12.9. The number of alkyl halides is 3. The van der Waals surface area contributed by atoms with Gasteiger partial charge in [-0.2, -0.15) is 13.2 Å². The lowest BCUT2D eigenvalue weighted by atomic mass is 10.2. The van der Waals surface area contributed by atoms with Crippen molar-refractivity contribution in [2.45, 2.75) is 19.1 Å². The highest BCUT2D eigenvalue weighted by Gasteiger charge is 2.29. The Morgan fingerprint density at radius 1 is 1.38 bits per heavy atom. The predicted octanol–water partition coefficient (Wildman–Crippen LogP) is 3.70. The van der Waals surface area contributed by atoms with Crippen molar-refractivity contribution >= 4 is 17.0 Å². The minimum atomic E-state index is -4.43. The average molecular weight is 300 g/mol. The second-order valence-electron chi connectivity index (χ2n) is 4.75. The van der Waals surface area contributed by atoms with Crippen molar-refractivity contribution in [2.75, 3.05) is 13.6 Å². The zero-order valence-electron chi connectivity index (χ0n) is 11.6. The Labute approximate surface area is 119 Å². The first-order chi connectivity index (χ1) is 9.78. The molecule has 0 spiro atoms. The Hall–Kier alpha value is -2.18. The maximum Gasteiger partial charge on any atom is 0.405 e. The van der Waals surface area contributed by atoms with Gasteiger partial charge in [-0.05, 0) is 19.1 Å². The lowest BCUT2D eigenvalue weighted by molar-refractivity contribution is -0.123. The molecule has 0 aliphatic heterocycles. The van der Waals surface area contributed by atoms with E-state index in [1.54, 1.807) is 19.1 Å². The number of fused-ring (bicyclic) bond motifs is 1. The van der Waals surface area contributed by atoms with Crippen LogP contribution < -0.4 is 5.32 Å². The number of hydrogen-bond acceptors (Lipinski definition) is 2. The summed E-state index contributed by atoms with van der Waals surface area (Å²) in [7, 11) is 1.42. The lowest BCUT2D eigenvalue weighted by Crippen LogP contribution is -2.42. The van der Waals surface area contributed by atoms with Gasteiger partial charge in [0.1, 0.15) is 17.9 Å². The molecule has 2 aromatic rings.